The molecule has 2 saturated heterocycles. The van der Waals surface area contributed by atoms with Crippen molar-refractivity contribution in [1.82, 2.24) is 24.4 Å². The molecule has 0 spiro atoms. The fourth-order valence-corrected chi connectivity index (χ4v) is 4.30. The van der Waals surface area contributed by atoms with E-state index in [1.54, 1.807) is 6.20 Å². The van der Waals surface area contributed by atoms with Gasteiger partial charge in [-0.2, -0.15) is 0 Å². The lowest BCUT2D eigenvalue weighted by Crippen LogP contribution is -2.44. The summed E-state index contributed by atoms with van der Waals surface area (Å²) in [6, 6.07) is 0. The zero-order valence-corrected chi connectivity index (χ0v) is 16.8. The van der Waals surface area contributed by atoms with Gasteiger partial charge >= 0.3 is 0 Å². The van der Waals surface area contributed by atoms with Crippen LogP contribution in [-0.2, 0) is 23.0 Å². The molecule has 2 aliphatic rings. The normalized spacial score (nSPS) is 21.1. The summed E-state index contributed by atoms with van der Waals surface area (Å²) in [6.45, 7) is 5.11. The van der Waals surface area contributed by atoms with Crippen LogP contribution in [-0.4, -0.2) is 56.6 Å². The molecule has 4 rings (SSSR count). The largest absolute Gasteiger partial charge is 0.381 e. The number of aryl methyl sites for hydroxylation is 1. The highest BCUT2D eigenvalue weighted by molar-refractivity contribution is 5.79. The number of hydrogen-bond acceptors (Lipinski definition) is 5. The molecule has 0 aromatic carbocycles. The monoisotopic (exact) mass is 383 g/mol. The predicted octanol–water partition coefficient (Wildman–Crippen LogP) is 2.39. The topological polar surface area (TPSA) is 73.1 Å². The highest BCUT2D eigenvalue weighted by Gasteiger charge is 2.30. The van der Waals surface area contributed by atoms with Gasteiger partial charge in [-0.25, -0.2) is 9.97 Å². The molecule has 2 aliphatic heterocycles. The molecular formula is C21H29N5O2. The zero-order valence-electron chi connectivity index (χ0n) is 16.8. The van der Waals surface area contributed by atoms with E-state index in [0.29, 0.717) is 25.0 Å². The van der Waals surface area contributed by atoms with E-state index in [1.807, 2.05) is 30.9 Å². The Labute approximate surface area is 166 Å². The van der Waals surface area contributed by atoms with Gasteiger partial charge in [0.1, 0.15) is 11.5 Å². The molecule has 0 radical (unpaired) electrons. The van der Waals surface area contributed by atoms with Crippen molar-refractivity contribution in [2.45, 2.75) is 39.0 Å². The summed E-state index contributed by atoms with van der Waals surface area (Å²) in [7, 11) is 1.99. The van der Waals surface area contributed by atoms with Crippen molar-refractivity contribution in [3.05, 3.63) is 30.1 Å². The van der Waals surface area contributed by atoms with Crippen molar-refractivity contribution in [2.24, 2.45) is 18.9 Å². The van der Waals surface area contributed by atoms with Crippen LogP contribution in [0.5, 0.6) is 0 Å². The number of carbonyl (C=O) groups is 1. The molecule has 0 N–H and O–H groups in total. The number of nitrogens with zero attached hydrogens (tertiary/aromatic N) is 5. The van der Waals surface area contributed by atoms with Crippen LogP contribution in [0.3, 0.4) is 0 Å². The summed E-state index contributed by atoms with van der Waals surface area (Å²) in [6.07, 6.45) is 10.3. The van der Waals surface area contributed by atoms with Crippen LogP contribution in [0.4, 0.5) is 0 Å². The van der Waals surface area contributed by atoms with Crippen molar-refractivity contribution < 1.29 is 9.53 Å². The Morgan fingerprint density at radius 3 is 2.79 bits per heavy atom. The van der Waals surface area contributed by atoms with Gasteiger partial charge in [0, 0.05) is 45.5 Å². The number of amides is 1. The zero-order chi connectivity index (χ0) is 19.5. The van der Waals surface area contributed by atoms with E-state index in [9.17, 15) is 4.79 Å². The number of likely N-dealkylation sites (tertiary alicyclic amines) is 1. The number of aromatic nitrogens is 4. The number of carbonyl (C=O) groups excluding carboxylic acids is 1. The standard InChI is InChI=1S/C21H29N5O2/c1-15-23-13-20(25(15)2)19-12-22-11-18(24-19)10-16-4-3-7-26(14-16)21(27)17-5-8-28-9-6-17/h11-13,16-17H,3-10,14H2,1-2H3/t16-/m0/s1. The van der Waals surface area contributed by atoms with Gasteiger partial charge in [-0.15, -0.1) is 0 Å². The Bertz CT molecular complexity index is 828. The molecule has 150 valence electrons. The Kier molecular flexibility index (Phi) is 5.71. The first-order valence-electron chi connectivity index (χ1n) is 10.3. The maximum Gasteiger partial charge on any atom is 0.225 e. The fraction of sp³-hybridized carbons (Fsp3) is 0.619. The first kappa shape index (κ1) is 19.1. The van der Waals surface area contributed by atoms with E-state index in [0.717, 1.165) is 68.1 Å². The van der Waals surface area contributed by atoms with E-state index in [1.165, 1.54) is 0 Å². The van der Waals surface area contributed by atoms with Crippen molar-refractivity contribution in [3.63, 3.8) is 0 Å². The van der Waals surface area contributed by atoms with Gasteiger partial charge < -0.3 is 14.2 Å². The summed E-state index contributed by atoms with van der Waals surface area (Å²) >= 11 is 0. The lowest BCUT2D eigenvalue weighted by molar-refractivity contribution is -0.140. The summed E-state index contributed by atoms with van der Waals surface area (Å²) in [5, 5.41) is 0. The molecule has 0 saturated carbocycles. The predicted molar refractivity (Wildman–Crippen MR) is 106 cm³/mol. The van der Waals surface area contributed by atoms with E-state index in [2.05, 4.69) is 14.9 Å². The second-order valence-corrected chi connectivity index (χ2v) is 8.03. The number of hydrogen-bond donors (Lipinski definition) is 0. The summed E-state index contributed by atoms with van der Waals surface area (Å²) < 4.78 is 7.43. The minimum Gasteiger partial charge on any atom is -0.381 e. The van der Waals surface area contributed by atoms with Crippen LogP contribution >= 0.6 is 0 Å². The highest BCUT2D eigenvalue weighted by atomic mass is 16.5. The summed E-state index contributed by atoms with van der Waals surface area (Å²) in [4.78, 5) is 28.5. The molecule has 0 bridgehead atoms. The van der Waals surface area contributed by atoms with Crippen LogP contribution in [0, 0.1) is 18.8 Å². The third-order valence-electron chi connectivity index (χ3n) is 6.07. The van der Waals surface area contributed by atoms with E-state index < -0.39 is 0 Å². The van der Waals surface area contributed by atoms with E-state index >= 15 is 0 Å². The van der Waals surface area contributed by atoms with Gasteiger partial charge in [0.2, 0.25) is 5.91 Å². The molecule has 1 atom stereocenters. The number of ether oxygens (including phenoxy) is 1. The molecule has 4 heterocycles. The lowest BCUT2D eigenvalue weighted by Gasteiger charge is -2.35. The Hall–Kier alpha value is -2.28. The van der Waals surface area contributed by atoms with Crippen LogP contribution in [0.2, 0.25) is 0 Å². The van der Waals surface area contributed by atoms with Crippen LogP contribution < -0.4 is 0 Å². The quantitative estimate of drug-likeness (QED) is 0.811. The summed E-state index contributed by atoms with van der Waals surface area (Å²) in [5.41, 5.74) is 2.82. The molecule has 7 heteroatoms. The van der Waals surface area contributed by atoms with E-state index in [-0.39, 0.29) is 5.92 Å². The molecule has 7 nitrogen and oxygen atoms in total. The highest BCUT2D eigenvalue weighted by Crippen LogP contribution is 2.25. The number of rotatable bonds is 4. The first-order valence-corrected chi connectivity index (χ1v) is 10.3. The minimum absolute atomic E-state index is 0.142. The number of imidazole rings is 1. The average molecular weight is 383 g/mol. The molecule has 0 aliphatic carbocycles. The average Bonchev–Trinajstić information content (AvgIpc) is 3.07. The van der Waals surface area contributed by atoms with Gasteiger partial charge in [-0.3, -0.25) is 9.78 Å². The Morgan fingerprint density at radius 1 is 1.21 bits per heavy atom. The Balaban J connectivity index is 1.42. The van der Waals surface area contributed by atoms with E-state index in [4.69, 9.17) is 9.72 Å². The summed E-state index contributed by atoms with van der Waals surface area (Å²) in [5.74, 6) is 1.86. The van der Waals surface area contributed by atoms with Crippen LogP contribution in [0.25, 0.3) is 11.4 Å². The lowest BCUT2D eigenvalue weighted by atomic mass is 9.91. The maximum atomic E-state index is 12.9. The van der Waals surface area contributed by atoms with Crippen molar-refractivity contribution in [2.75, 3.05) is 26.3 Å². The van der Waals surface area contributed by atoms with Gasteiger partial charge in [0.05, 0.1) is 23.8 Å². The van der Waals surface area contributed by atoms with Gasteiger partial charge in [-0.05, 0) is 44.9 Å². The third kappa shape index (κ3) is 4.09. The SMILES string of the molecule is Cc1ncc(-c2cncc(C[C@@H]3CCCN(C(=O)C4CCOCC4)C3)n2)n1C. The Morgan fingerprint density at radius 2 is 2.04 bits per heavy atom. The fourth-order valence-electron chi connectivity index (χ4n) is 4.30. The van der Waals surface area contributed by atoms with Crippen LogP contribution in [0.15, 0.2) is 18.6 Å². The molecule has 0 unspecified atom stereocenters. The second-order valence-electron chi connectivity index (χ2n) is 8.03. The van der Waals surface area contributed by atoms with Gasteiger partial charge in [-0.1, -0.05) is 0 Å². The number of piperidine rings is 1. The molecule has 2 aromatic rings. The minimum atomic E-state index is 0.142. The van der Waals surface area contributed by atoms with Gasteiger partial charge in [0.25, 0.3) is 0 Å². The first-order chi connectivity index (χ1) is 13.6. The molecular weight excluding hydrogens is 354 g/mol. The smallest absolute Gasteiger partial charge is 0.225 e. The molecule has 2 aromatic heterocycles. The molecule has 28 heavy (non-hydrogen) atoms. The molecule has 2 fully saturated rings. The van der Waals surface area contributed by atoms with Crippen molar-refractivity contribution in [1.29, 1.82) is 0 Å². The van der Waals surface area contributed by atoms with Crippen molar-refractivity contribution >= 4 is 5.91 Å². The van der Waals surface area contributed by atoms with Gasteiger partial charge in [0.15, 0.2) is 0 Å². The molecule has 1 amide bonds. The van der Waals surface area contributed by atoms with Crippen molar-refractivity contribution in [3.8, 4) is 11.4 Å². The second kappa shape index (κ2) is 8.39. The maximum absolute atomic E-state index is 12.9. The third-order valence-corrected chi connectivity index (χ3v) is 6.07. The van der Waals surface area contributed by atoms with Crippen LogP contribution in [0.1, 0.15) is 37.2 Å².